The molecule has 2 aromatic rings. The fourth-order valence-corrected chi connectivity index (χ4v) is 3.35. The van der Waals surface area contributed by atoms with E-state index in [9.17, 15) is 10.2 Å². The van der Waals surface area contributed by atoms with Crippen molar-refractivity contribution in [2.45, 2.75) is 37.6 Å². The van der Waals surface area contributed by atoms with Crippen LogP contribution >= 0.6 is 0 Å². The van der Waals surface area contributed by atoms with Gasteiger partial charge in [-0.15, -0.1) is 0 Å². The third-order valence-electron chi connectivity index (χ3n) is 4.91. The molecule has 5 atom stereocenters. The maximum atomic E-state index is 10.3. The second-order valence-corrected chi connectivity index (χ2v) is 6.56. The predicted molar refractivity (Wildman–Crippen MR) is 101 cm³/mol. The molecule has 1 unspecified atom stereocenters. The summed E-state index contributed by atoms with van der Waals surface area (Å²) in [6.07, 6.45) is -4.69. The number of hydrogen-bond donors (Lipinski definition) is 2. The molecule has 2 N–H and O–H groups in total. The molecule has 8 heteroatoms. The van der Waals surface area contributed by atoms with E-state index in [0.29, 0.717) is 28.4 Å². The Hall–Kier alpha value is -2.26. The van der Waals surface area contributed by atoms with Crippen molar-refractivity contribution in [3.8, 4) is 23.0 Å². The monoisotopic (exact) mass is 394 g/mol. The summed E-state index contributed by atoms with van der Waals surface area (Å²) in [5.41, 5.74) is 0. The summed E-state index contributed by atoms with van der Waals surface area (Å²) < 4.78 is 33.4. The van der Waals surface area contributed by atoms with E-state index in [4.69, 9.17) is 28.4 Å². The number of rotatable bonds is 6. The Morgan fingerprint density at radius 2 is 1.43 bits per heavy atom. The van der Waals surface area contributed by atoms with Gasteiger partial charge in [0.15, 0.2) is 0 Å². The molecule has 28 heavy (non-hydrogen) atoms. The van der Waals surface area contributed by atoms with E-state index in [-0.39, 0.29) is 0 Å². The topological polar surface area (TPSA) is 95.8 Å². The van der Waals surface area contributed by atoms with Crippen LogP contribution in [0.2, 0.25) is 0 Å². The minimum absolute atomic E-state index is 0.427. The normalized spacial score (nSPS) is 27.5. The van der Waals surface area contributed by atoms with Crippen LogP contribution in [-0.2, 0) is 9.47 Å². The zero-order chi connectivity index (χ0) is 20.4. The highest BCUT2D eigenvalue weighted by Gasteiger charge is 2.44. The highest BCUT2D eigenvalue weighted by Crippen LogP contribution is 2.41. The number of fused-ring (bicyclic) bond motifs is 1. The summed E-state index contributed by atoms with van der Waals surface area (Å²) in [5, 5.41) is 21.9. The molecule has 1 heterocycles. The highest BCUT2D eigenvalue weighted by atomic mass is 16.7. The van der Waals surface area contributed by atoms with Crippen molar-refractivity contribution in [1.29, 1.82) is 0 Å². The Balaban J connectivity index is 2.08. The van der Waals surface area contributed by atoms with Crippen molar-refractivity contribution in [1.82, 2.24) is 0 Å². The first-order valence-electron chi connectivity index (χ1n) is 8.88. The van der Waals surface area contributed by atoms with Crippen LogP contribution in [0.15, 0.2) is 24.3 Å². The molecule has 3 rings (SSSR count). The summed E-state index contributed by atoms with van der Waals surface area (Å²) in [6.45, 7) is 1.66. The molecular weight excluding hydrogens is 368 g/mol. The minimum atomic E-state index is -1.15. The standard InChI is InChI=1S/C20H26O8/c1-10-17(21)18(22)19(26-5)20(27-10)28-15-9-13(24-3)7-11-6-12(23-2)8-14(25-4)16(11)15/h6-10,17-22H,1-5H3/t10-,17-,18+,19+,20?/m0/s1. The second-order valence-electron chi connectivity index (χ2n) is 6.56. The van der Waals surface area contributed by atoms with Gasteiger partial charge in [-0.2, -0.15) is 0 Å². The maximum absolute atomic E-state index is 10.3. The molecule has 0 aromatic heterocycles. The van der Waals surface area contributed by atoms with Crippen LogP contribution in [0.4, 0.5) is 0 Å². The SMILES string of the molecule is COc1cc(OC)c2c(OC3O[C@@H](C)[C@H](O)[C@@H](O)[C@H]3OC)cc(OC)cc2c1. The molecule has 1 fully saturated rings. The summed E-state index contributed by atoms with van der Waals surface area (Å²) in [5.74, 6) is 2.16. The van der Waals surface area contributed by atoms with Crippen molar-refractivity contribution in [2.75, 3.05) is 28.4 Å². The first-order chi connectivity index (χ1) is 13.4. The van der Waals surface area contributed by atoms with Crippen LogP contribution < -0.4 is 18.9 Å². The first-order valence-corrected chi connectivity index (χ1v) is 8.88. The van der Waals surface area contributed by atoms with E-state index >= 15 is 0 Å². The summed E-state index contributed by atoms with van der Waals surface area (Å²) in [7, 11) is 6.11. The van der Waals surface area contributed by atoms with E-state index in [2.05, 4.69) is 0 Å². The molecule has 0 aliphatic carbocycles. The van der Waals surface area contributed by atoms with E-state index in [1.54, 1.807) is 40.4 Å². The van der Waals surface area contributed by atoms with E-state index < -0.39 is 30.7 Å². The van der Waals surface area contributed by atoms with Crippen LogP contribution in [0, 0.1) is 0 Å². The summed E-state index contributed by atoms with van der Waals surface area (Å²) >= 11 is 0. The molecule has 0 saturated carbocycles. The zero-order valence-electron chi connectivity index (χ0n) is 16.5. The van der Waals surface area contributed by atoms with Crippen LogP contribution in [-0.4, -0.2) is 69.4 Å². The van der Waals surface area contributed by atoms with Gasteiger partial charge in [-0.1, -0.05) is 0 Å². The van der Waals surface area contributed by atoms with Gasteiger partial charge in [0.1, 0.15) is 41.3 Å². The van der Waals surface area contributed by atoms with Gasteiger partial charge in [-0.05, 0) is 24.4 Å². The van der Waals surface area contributed by atoms with Crippen molar-refractivity contribution in [3.05, 3.63) is 24.3 Å². The number of aliphatic hydroxyl groups is 2. The van der Waals surface area contributed by atoms with Crippen molar-refractivity contribution < 1.29 is 38.6 Å². The molecule has 154 valence electrons. The van der Waals surface area contributed by atoms with Crippen molar-refractivity contribution in [3.63, 3.8) is 0 Å². The molecular formula is C20H26O8. The molecule has 2 aromatic carbocycles. The molecule has 0 radical (unpaired) electrons. The quantitative estimate of drug-likeness (QED) is 0.765. The smallest absolute Gasteiger partial charge is 0.229 e. The zero-order valence-corrected chi connectivity index (χ0v) is 16.5. The Morgan fingerprint density at radius 1 is 0.821 bits per heavy atom. The van der Waals surface area contributed by atoms with E-state index in [1.165, 1.54) is 7.11 Å². The third-order valence-corrected chi connectivity index (χ3v) is 4.91. The number of benzene rings is 2. The molecule has 8 nitrogen and oxygen atoms in total. The molecule has 0 amide bonds. The lowest BCUT2D eigenvalue weighted by Crippen LogP contribution is -2.59. The first kappa shape index (κ1) is 20.5. The molecule has 1 aliphatic rings. The second kappa shape index (κ2) is 8.40. The van der Waals surface area contributed by atoms with Gasteiger partial charge in [-0.25, -0.2) is 0 Å². The highest BCUT2D eigenvalue weighted by molar-refractivity contribution is 5.96. The molecule has 0 spiro atoms. The molecule has 1 aliphatic heterocycles. The van der Waals surface area contributed by atoms with Gasteiger partial charge in [0.05, 0.1) is 32.8 Å². The van der Waals surface area contributed by atoms with Crippen LogP contribution in [0.5, 0.6) is 23.0 Å². The van der Waals surface area contributed by atoms with Crippen LogP contribution in [0.25, 0.3) is 10.8 Å². The Labute approximate surface area is 163 Å². The van der Waals surface area contributed by atoms with E-state index in [1.807, 2.05) is 12.1 Å². The number of aliphatic hydroxyl groups excluding tert-OH is 2. The van der Waals surface area contributed by atoms with Crippen molar-refractivity contribution in [2.24, 2.45) is 0 Å². The average molecular weight is 394 g/mol. The van der Waals surface area contributed by atoms with Gasteiger partial charge in [0, 0.05) is 19.2 Å². The van der Waals surface area contributed by atoms with Crippen LogP contribution in [0.3, 0.4) is 0 Å². The van der Waals surface area contributed by atoms with Gasteiger partial charge in [0.25, 0.3) is 0 Å². The summed E-state index contributed by atoms with van der Waals surface area (Å²) in [4.78, 5) is 0. The van der Waals surface area contributed by atoms with Gasteiger partial charge in [0.2, 0.25) is 6.29 Å². The largest absolute Gasteiger partial charge is 0.497 e. The Kier molecular flexibility index (Phi) is 6.14. The number of ether oxygens (including phenoxy) is 6. The minimum Gasteiger partial charge on any atom is -0.497 e. The molecule has 0 bridgehead atoms. The van der Waals surface area contributed by atoms with Crippen LogP contribution in [0.1, 0.15) is 6.92 Å². The average Bonchev–Trinajstić information content (AvgIpc) is 2.71. The van der Waals surface area contributed by atoms with Gasteiger partial charge >= 0.3 is 0 Å². The van der Waals surface area contributed by atoms with Gasteiger partial charge in [-0.3, -0.25) is 0 Å². The van der Waals surface area contributed by atoms with Gasteiger partial charge < -0.3 is 38.6 Å². The summed E-state index contributed by atoms with van der Waals surface area (Å²) in [6, 6.07) is 7.13. The lowest BCUT2D eigenvalue weighted by Gasteiger charge is -2.40. The Bertz CT molecular complexity index is 818. The molecule has 1 saturated heterocycles. The van der Waals surface area contributed by atoms with Crippen molar-refractivity contribution >= 4 is 10.8 Å². The maximum Gasteiger partial charge on any atom is 0.229 e. The number of methoxy groups -OCH3 is 4. The number of hydrogen-bond acceptors (Lipinski definition) is 8. The third kappa shape index (κ3) is 3.68. The fraction of sp³-hybridized carbons (Fsp3) is 0.500. The van der Waals surface area contributed by atoms with E-state index in [0.717, 1.165) is 5.39 Å². The Morgan fingerprint density at radius 3 is 1.96 bits per heavy atom. The predicted octanol–water partition coefficient (Wildman–Crippen LogP) is 1.73. The fourth-order valence-electron chi connectivity index (χ4n) is 3.35. The lowest BCUT2D eigenvalue weighted by molar-refractivity contribution is -0.273. The lowest BCUT2D eigenvalue weighted by atomic mass is 9.99.